The molecule has 0 spiro atoms. The molecule has 0 radical (unpaired) electrons. The van der Waals surface area contributed by atoms with E-state index in [2.05, 4.69) is 24.1 Å². The van der Waals surface area contributed by atoms with Gasteiger partial charge in [0.15, 0.2) is 0 Å². The van der Waals surface area contributed by atoms with E-state index in [-0.39, 0.29) is 6.10 Å². The summed E-state index contributed by atoms with van der Waals surface area (Å²) in [5.74, 6) is 1.53. The van der Waals surface area contributed by atoms with E-state index in [4.69, 9.17) is 10.7 Å². The second-order valence-electron chi connectivity index (χ2n) is 5.74. The van der Waals surface area contributed by atoms with Crippen LogP contribution in [0.25, 0.3) is 10.9 Å². The fourth-order valence-electron chi connectivity index (χ4n) is 2.95. The van der Waals surface area contributed by atoms with Crippen LogP contribution in [0.15, 0.2) is 30.3 Å². The number of nitrogens with two attached hydrogens (primary N) is 1. The van der Waals surface area contributed by atoms with Crippen LogP contribution in [0.4, 0.5) is 5.82 Å². The van der Waals surface area contributed by atoms with Crippen molar-refractivity contribution in [3.63, 3.8) is 0 Å². The minimum absolute atomic E-state index is 0.105. The van der Waals surface area contributed by atoms with E-state index in [0.29, 0.717) is 12.5 Å². The highest BCUT2D eigenvalue weighted by molar-refractivity contribution is 5.81. The number of rotatable bonds is 4. The summed E-state index contributed by atoms with van der Waals surface area (Å²) in [5.41, 5.74) is 7.95. The number of aromatic nitrogens is 1. The van der Waals surface area contributed by atoms with Gasteiger partial charge in [-0.1, -0.05) is 18.2 Å². The summed E-state index contributed by atoms with van der Waals surface area (Å²) in [4.78, 5) is 6.93. The molecule has 1 saturated carbocycles. The summed E-state index contributed by atoms with van der Waals surface area (Å²) >= 11 is 0. The lowest BCUT2D eigenvalue weighted by atomic mass is 9.82. The Hall–Kier alpha value is -1.65. The van der Waals surface area contributed by atoms with Gasteiger partial charge in [-0.05, 0) is 30.9 Å². The summed E-state index contributed by atoms with van der Waals surface area (Å²) in [6, 6.07) is 10.2. The van der Waals surface area contributed by atoms with Crippen molar-refractivity contribution in [2.45, 2.75) is 25.5 Å². The number of pyridine rings is 1. The third-order valence-corrected chi connectivity index (χ3v) is 4.10. The summed E-state index contributed by atoms with van der Waals surface area (Å²) in [6.07, 6.45) is 1.69. The van der Waals surface area contributed by atoms with E-state index in [9.17, 15) is 5.11 Å². The molecule has 20 heavy (non-hydrogen) atoms. The maximum atomic E-state index is 9.39. The minimum atomic E-state index is -0.105. The molecule has 1 aromatic heterocycles. The third-order valence-electron chi connectivity index (χ3n) is 4.10. The fourth-order valence-corrected chi connectivity index (χ4v) is 2.95. The Morgan fingerprint density at radius 3 is 2.80 bits per heavy atom. The van der Waals surface area contributed by atoms with Gasteiger partial charge in [0.05, 0.1) is 11.6 Å². The molecule has 1 aliphatic carbocycles. The van der Waals surface area contributed by atoms with E-state index < -0.39 is 0 Å². The number of benzene rings is 1. The van der Waals surface area contributed by atoms with Gasteiger partial charge in [-0.15, -0.1) is 0 Å². The Morgan fingerprint density at radius 1 is 1.35 bits per heavy atom. The molecule has 2 aromatic rings. The smallest absolute Gasteiger partial charge is 0.133 e. The van der Waals surface area contributed by atoms with Crippen molar-refractivity contribution in [3.05, 3.63) is 35.9 Å². The lowest BCUT2D eigenvalue weighted by Crippen LogP contribution is -2.37. The number of fused-ring (bicyclic) bond motifs is 1. The lowest BCUT2D eigenvalue weighted by Gasteiger charge is -2.35. The summed E-state index contributed by atoms with van der Waals surface area (Å²) < 4.78 is 0. The van der Waals surface area contributed by atoms with Crippen LogP contribution in [0.3, 0.4) is 0 Å². The average molecular weight is 271 g/mol. The van der Waals surface area contributed by atoms with Gasteiger partial charge in [-0.2, -0.15) is 0 Å². The number of hydrogen-bond acceptors (Lipinski definition) is 4. The zero-order valence-electron chi connectivity index (χ0n) is 11.8. The van der Waals surface area contributed by atoms with Gasteiger partial charge in [-0.3, -0.25) is 0 Å². The quantitative estimate of drug-likeness (QED) is 0.891. The average Bonchev–Trinajstić information content (AvgIpc) is 2.44. The Morgan fingerprint density at radius 2 is 2.10 bits per heavy atom. The molecule has 1 heterocycles. The number of anilines is 1. The number of aliphatic hydroxyl groups is 1. The van der Waals surface area contributed by atoms with Gasteiger partial charge in [0.25, 0.3) is 0 Å². The van der Waals surface area contributed by atoms with Crippen LogP contribution < -0.4 is 10.6 Å². The van der Waals surface area contributed by atoms with Gasteiger partial charge in [-0.25, -0.2) is 4.98 Å². The summed E-state index contributed by atoms with van der Waals surface area (Å²) in [6.45, 7) is 1.42. The van der Waals surface area contributed by atoms with Gasteiger partial charge < -0.3 is 15.7 Å². The minimum Gasteiger partial charge on any atom is -0.393 e. The van der Waals surface area contributed by atoms with Gasteiger partial charge in [0.1, 0.15) is 5.82 Å². The number of para-hydroxylation sites is 1. The van der Waals surface area contributed by atoms with Crippen molar-refractivity contribution >= 4 is 16.7 Å². The first-order valence-corrected chi connectivity index (χ1v) is 7.15. The second-order valence-corrected chi connectivity index (χ2v) is 5.74. The molecule has 0 bridgehead atoms. The molecule has 4 heteroatoms. The highest BCUT2D eigenvalue weighted by atomic mass is 16.3. The third kappa shape index (κ3) is 2.49. The molecule has 1 aromatic carbocycles. The second kappa shape index (κ2) is 5.38. The molecule has 1 fully saturated rings. The van der Waals surface area contributed by atoms with Crippen molar-refractivity contribution < 1.29 is 5.11 Å². The highest BCUT2D eigenvalue weighted by Crippen LogP contribution is 2.30. The fraction of sp³-hybridized carbons (Fsp3) is 0.438. The van der Waals surface area contributed by atoms with Crippen molar-refractivity contribution in [2.75, 3.05) is 18.5 Å². The van der Waals surface area contributed by atoms with E-state index in [0.717, 1.165) is 41.7 Å². The van der Waals surface area contributed by atoms with Gasteiger partial charge in [0.2, 0.25) is 0 Å². The summed E-state index contributed by atoms with van der Waals surface area (Å²) in [7, 11) is 2.06. The maximum Gasteiger partial charge on any atom is 0.133 e. The molecule has 1 aliphatic rings. The standard InChI is InChI=1S/C16H21N3O/c1-19(10-11-6-14(20)7-11)16-13(9-17)8-12-4-2-3-5-15(12)18-16/h2-5,8,11,14,20H,6-7,9-10,17H2,1H3. The van der Waals surface area contributed by atoms with Crippen LogP contribution in [-0.4, -0.2) is 29.8 Å². The van der Waals surface area contributed by atoms with Crippen molar-refractivity contribution in [1.29, 1.82) is 0 Å². The van der Waals surface area contributed by atoms with E-state index >= 15 is 0 Å². The Balaban J connectivity index is 1.88. The molecule has 4 nitrogen and oxygen atoms in total. The van der Waals surface area contributed by atoms with Crippen LogP contribution in [-0.2, 0) is 6.54 Å². The van der Waals surface area contributed by atoms with Gasteiger partial charge >= 0.3 is 0 Å². The molecular weight excluding hydrogens is 250 g/mol. The van der Waals surface area contributed by atoms with Crippen molar-refractivity contribution in [1.82, 2.24) is 4.98 Å². The molecule has 3 rings (SSSR count). The molecule has 0 amide bonds. The monoisotopic (exact) mass is 271 g/mol. The van der Waals surface area contributed by atoms with Crippen LogP contribution in [0.1, 0.15) is 18.4 Å². The van der Waals surface area contributed by atoms with Crippen molar-refractivity contribution in [2.24, 2.45) is 11.7 Å². The number of nitrogens with zero attached hydrogens (tertiary/aromatic N) is 2. The Labute approximate surface area is 119 Å². The zero-order chi connectivity index (χ0) is 14.1. The molecule has 106 valence electrons. The first kappa shape index (κ1) is 13.3. The van der Waals surface area contributed by atoms with Crippen LogP contribution in [0.5, 0.6) is 0 Å². The number of aliphatic hydroxyl groups excluding tert-OH is 1. The maximum absolute atomic E-state index is 9.39. The van der Waals surface area contributed by atoms with E-state index in [1.807, 2.05) is 18.2 Å². The van der Waals surface area contributed by atoms with Crippen LogP contribution >= 0.6 is 0 Å². The summed E-state index contributed by atoms with van der Waals surface area (Å²) in [5, 5.41) is 10.5. The predicted molar refractivity (Wildman–Crippen MR) is 81.6 cm³/mol. The predicted octanol–water partition coefficient (Wildman–Crippen LogP) is 1.90. The molecule has 0 unspecified atom stereocenters. The Bertz CT molecular complexity index is 608. The molecule has 3 N–H and O–H groups in total. The Kier molecular flexibility index (Phi) is 3.59. The van der Waals surface area contributed by atoms with Crippen LogP contribution in [0, 0.1) is 5.92 Å². The van der Waals surface area contributed by atoms with Crippen molar-refractivity contribution in [3.8, 4) is 0 Å². The SMILES string of the molecule is CN(CC1CC(O)C1)c1nc2ccccc2cc1CN. The molecule has 0 aliphatic heterocycles. The van der Waals surface area contributed by atoms with E-state index in [1.165, 1.54) is 0 Å². The number of hydrogen-bond donors (Lipinski definition) is 2. The first-order valence-electron chi connectivity index (χ1n) is 7.15. The topological polar surface area (TPSA) is 62.4 Å². The molecule has 0 atom stereocenters. The molecular formula is C16H21N3O. The van der Waals surface area contributed by atoms with Crippen LogP contribution in [0.2, 0.25) is 0 Å². The largest absolute Gasteiger partial charge is 0.393 e. The first-order chi connectivity index (χ1) is 9.67. The lowest BCUT2D eigenvalue weighted by molar-refractivity contribution is 0.0464. The normalized spacial score (nSPS) is 21.8. The van der Waals surface area contributed by atoms with Gasteiger partial charge in [0, 0.05) is 31.1 Å². The van der Waals surface area contributed by atoms with E-state index in [1.54, 1.807) is 0 Å². The zero-order valence-corrected chi connectivity index (χ0v) is 11.8. The molecule has 0 saturated heterocycles. The highest BCUT2D eigenvalue weighted by Gasteiger charge is 2.28.